The normalized spacial score (nSPS) is 21.4. The molecule has 0 aromatic heterocycles. The van der Waals surface area contributed by atoms with Crippen LogP contribution in [0.25, 0.3) is 0 Å². The molecule has 8 nitrogen and oxygen atoms in total. The van der Waals surface area contributed by atoms with Gasteiger partial charge in [0, 0.05) is 39.0 Å². The number of alkyl halides is 3. The van der Waals surface area contributed by atoms with Crippen LogP contribution in [0.2, 0.25) is 0 Å². The maximum Gasteiger partial charge on any atom is 0.401 e. The van der Waals surface area contributed by atoms with Crippen molar-refractivity contribution in [2.45, 2.75) is 57.4 Å². The predicted molar refractivity (Wildman–Crippen MR) is 118 cm³/mol. The first-order valence-corrected chi connectivity index (χ1v) is 11.8. The van der Waals surface area contributed by atoms with Crippen LogP contribution in [-0.2, 0) is 14.3 Å². The van der Waals surface area contributed by atoms with Gasteiger partial charge in [-0.25, -0.2) is 4.79 Å². The lowest BCUT2D eigenvalue weighted by Crippen LogP contribution is -2.50. The monoisotopic (exact) mass is 480 g/mol. The third-order valence-electron chi connectivity index (χ3n) is 6.06. The number of amides is 3. The largest absolute Gasteiger partial charge is 0.401 e. The second-order valence-electron chi connectivity index (χ2n) is 9.27. The van der Waals surface area contributed by atoms with Crippen molar-refractivity contribution in [3.05, 3.63) is 0 Å². The van der Waals surface area contributed by atoms with E-state index in [4.69, 9.17) is 9.47 Å². The van der Waals surface area contributed by atoms with E-state index in [1.807, 2.05) is 25.9 Å². The van der Waals surface area contributed by atoms with E-state index >= 15 is 0 Å². The van der Waals surface area contributed by atoms with Crippen molar-refractivity contribution in [3.63, 3.8) is 0 Å². The number of rotatable bonds is 11. The first kappa shape index (κ1) is 27.8. The Morgan fingerprint density at radius 3 is 2.48 bits per heavy atom. The van der Waals surface area contributed by atoms with Gasteiger partial charge in [0.2, 0.25) is 5.91 Å². The van der Waals surface area contributed by atoms with E-state index in [2.05, 4.69) is 10.6 Å². The van der Waals surface area contributed by atoms with Crippen molar-refractivity contribution in [2.24, 2.45) is 11.8 Å². The van der Waals surface area contributed by atoms with E-state index in [9.17, 15) is 22.8 Å². The number of urea groups is 1. The Kier molecular flexibility index (Phi) is 10.8. The van der Waals surface area contributed by atoms with Crippen molar-refractivity contribution < 1.29 is 32.2 Å². The standard InChI is InChI=1S/C22H39F3N4O4/c1-4-9-29(20(31)27-8-10-28(2)3)19(30)18(15-26-16-22(23,24)25)13-17-6-5-7-21(14-17)32-11-12-33-21/h17-18,26H,4-16H2,1-3H3,(H,27,31). The summed E-state index contributed by atoms with van der Waals surface area (Å²) in [5.41, 5.74) is 0. The van der Waals surface area contributed by atoms with Gasteiger partial charge in [0.25, 0.3) is 0 Å². The summed E-state index contributed by atoms with van der Waals surface area (Å²) < 4.78 is 49.8. The number of imide groups is 1. The fraction of sp³-hybridized carbons (Fsp3) is 0.909. The minimum absolute atomic E-state index is 0.0683. The van der Waals surface area contributed by atoms with Crippen molar-refractivity contribution in [2.75, 3.05) is 60.0 Å². The van der Waals surface area contributed by atoms with E-state index in [1.165, 1.54) is 0 Å². The molecule has 33 heavy (non-hydrogen) atoms. The zero-order chi connectivity index (χ0) is 24.5. The van der Waals surface area contributed by atoms with Crippen LogP contribution >= 0.6 is 0 Å². The number of halogens is 3. The average Bonchev–Trinajstić information content (AvgIpc) is 3.17. The number of likely N-dealkylation sites (N-methyl/N-ethyl adjacent to an activating group) is 1. The quantitative estimate of drug-likeness (QED) is 0.473. The van der Waals surface area contributed by atoms with Crippen LogP contribution in [-0.4, -0.2) is 93.7 Å². The minimum atomic E-state index is -4.37. The van der Waals surface area contributed by atoms with Crippen LogP contribution in [0.4, 0.5) is 18.0 Å². The Morgan fingerprint density at radius 1 is 1.18 bits per heavy atom. The molecule has 1 spiro atoms. The summed E-state index contributed by atoms with van der Waals surface area (Å²) >= 11 is 0. The highest BCUT2D eigenvalue weighted by Crippen LogP contribution is 2.41. The van der Waals surface area contributed by atoms with Gasteiger partial charge in [0.1, 0.15) is 0 Å². The summed E-state index contributed by atoms with van der Waals surface area (Å²) in [5.74, 6) is -1.76. The molecule has 0 radical (unpaired) electrons. The lowest BCUT2D eigenvalue weighted by molar-refractivity contribution is -0.188. The van der Waals surface area contributed by atoms with E-state index < -0.39 is 36.4 Å². The van der Waals surface area contributed by atoms with Gasteiger partial charge in [-0.05, 0) is 39.3 Å². The lowest BCUT2D eigenvalue weighted by Gasteiger charge is -2.37. The number of nitrogens with one attached hydrogen (secondary N) is 2. The summed E-state index contributed by atoms with van der Waals surface area (Å²) in [7, 11) is 3.75. The molecule has 1 saturated heterocycles. The van der Waals surface area contributed by atoms with E-state index in [0.717, 1.165) is 24.2 Å². The average molecular weight is 481 g/mol. The van der Waals surface area contributed by atoms with Crippen LogP contribution in [0.3, 0.4) is 0 Å². The van der Waals surface area contributed by atoms with Gasteiger partial charge in [-0.1, -0.05) is 13.3 Å². The second kappa shape index (κ2) is 12.9. The summed E-state index contributed by atoms with van der Waals surface area (Å²) in [4.78, 5) is 29.2. The second-order valence-corrected chi connectivity index (χ2v) is 9.27. The molecule has 0 aromatic rings. The third kappa shape index (κ3) is 9.38. The van der Waals surface area contributed by atoms with Gasteiger partial charge in [-0.3, -0.25) is 9.69 Å². The highest BCUT2D eigenvalue weighted by Gasteiger charge is 2.43. The number of carbonyl (C=O) groups excluding carboxylic acids is 2. The molecule has 1 saturated carbocycles. The number of hydrogen-bond donors (Lipinski definition) is 2. The Morgan fingerprint density at radius 2 is 1.88 bits per heavy atom. The van der Waals surface area contributed by atoms with Gasteiger partial charge in [0.15, 0.2) is 5.79 Å². The fourth-order valence-electron chi connectivity index (χ4n) is 4.56. The number of nitrogens with zero attached hydrogens (tertiary/aromatic N) is 2. The van der Waals surface area contributed by atoms with Crippen molar-refractivity contribution in [3.8, 4) is 0 Å². The molecule has 1 aliphatic heterocycles. The van der Waals surface area contributed by atoms with E-state index in [0.29, 0.717) is 45.6 Å². The van der Waals surface area contributed by atoms with Crippen molar-refractivity contribution in [1.29, 1.82) is 0 Å². The number of ether oxygens (including phenoxy) is 2. The topological polar surface area (TPSA) is 83.1 Å². The van der Waals surface area contributed by atoms with Crippen LogP contribution in [0.5, 0.6) is 0 Å². The van der Waals surface area contributed by atoms with Gasteiger partial charge in [-0.2, -0.15) is 13.2 Å². The molecule has 192 valence electrons. The molecule has 0 bridgehead atoms. The Labute approximate surface area is 194 Å². The Hall–Kier alpha value is -1.43. The molecule has 0 aromatic carbocycles. The number of hydrogen-bond acceptors (Lipinski definition) is 6. The van der Waals surface area contributed by atoms with E-state index in [-0.39, 0.29) is 19.0 Å². The minimum Gasteiger partial charge on any atom is -0.348 e. The first-order chi connectivity index (χ1) is 15.6. The Balaban J connectivity index is 2.08. The smallest absolute Gasteiger partial charge is 0.348 e. The maximum absolute atomic E-state index is 13.4. The predicted octanol–water partition coefficient (Wildman–Crippen LogP) is 2.59. The van der Waals surface area contributed by atoms with Crippen molar-refractivity contribution >= 4 is 11.9 Å². The molecule has 2 fully saturated rings. The number of carbonyl (C=O) groups is 2. The molecule has 2 rings (SSSR count). The van der Waals surface area contributed by atoms with Crippen LogP contribution in [0.1, 0.15) is 45.4 Å². The zero-order valence-corrected chi connectivity index (χ0v) is 20.0. The summed E-state index contributed by atoms with van der Waals surface area (Å²) in [6, 6.07) is -0.507. The van der Waals surface area contributed by atoms with Gasteiger partial charge >= 0.3 is 12.2 Å². The van der Waals surface area contributed by atoms with Crippen molar-refractivity contribution in [1.82, 2.24) is 20.4 Å². The highest BCUT2D eigenvalue weighted by atomic mass is 19.4. The molecule has 2 unspecified atom stereocenters. The van der Waals surface area contributed by atoms with Gasteiger partial charge in [-0.15, -0.1) is 0 Å². The Bertz CT molecular complexity index is 627. The van der Waals surface area contributed by atoms with E-state index in [1.54, 1.807) is 0 Å². The lowest BCUT2D eigenvalue weighted by atomic mass is 9.79. The van der Waals surface area contributed by atoms with Crippen LogP contribution < -0.4 is 10.6 Å². The van der Waals surface area contributed by atoms with Gasteiger partial charge in [0.05, 0.1) is 25.7 Å². The first-order valence-electron chi connectivity index (χ1n) is 11.8. The zero-order valence-electron chi connectivity index (χ0n) is 20.0. The fourth-order valence-corrected chi connectivity index (χ4v) is 4.56. The van der Waals surface area contributed by atoms with Crippen LogP contribution in [0.15, 0.2) is 0 Å². The molecular weight excluding hydrogens is 441 g/mol. The molecular formula is C22H39F3N4O4. The molecule has 1 heterocycles. The molecule has 11 heteroatoms. The molecule has 3 amide bonds. The van der Waals surface area contributed by atoms with Crippen LogP contribution in [0, 0.1) is 11.8 Å². The molecule has 2 aliphatic rings. The third-order valence-corrected chi connectivity index (χ3v) is 6.06. The molecule has 2 atom stereocenters. The highest BCUT2D eigenvalue weighted by molar-refractivity contribution is 5.95. The molecule has 1 aliphatic carbocycles. The summed E-state index contributed by atoms with van der Waals surface area (Å²) in [6.07, 6.45) is -0.330. The summed E-state index contributed by atoms with van der Waals surface area (Å²) in [5, 5.41) is 5.12. The molecule has 2 N–H and O–H groups in total. The SMILES string of the molecule is CCCN(C(=O)NCCN(C)C)C(=O)C(CNCC(F)(F)F)CC1CCCC2(C1)OCCO2. The summed E-state index contributed by atoms with van der Waals surface area (Å²) in [6.45, 7) is 2.78. The van der Waals surface area contributed by atoms with Gasteiger partial charge < -0.3 is 25.0 Å². The maximum atomic E-state index is 13.4.